The lowest BCUT2D eigenvalue weighted by atomic mass is 10.2. The molecule has 98 valence electrons. The Morgan fingerprint density at radius 2 is 2.11 bits per heavy atom. The predicted molar refractivity (Wildman–Crippen MR) is 72.9 cm³/mol. The molecule has 1 N–H and O–H groups in total. The molecule has 0 aliphatic rings. The van der Waals surface area contributed by atoms with E-state index in [1.807, 2.05) is 18.2 Å². The molecule has 0 aliphatic heterocycles. The molecule has 0 aliphatic carbocycles. The van der Waals surface area contributed by atoms with Crippen LogP contribution in [0.3, 0.4) is 0 Å². The highest BCUT2D eigenvalue weighted by molar-refractivity contribution is 6.32. The van der Waals surface area contributed by atoms with Crippen molar-refractivity contribution in [2.24, 2.45) is 0 Å². The van der Waals surface area contributed by atoms with Gasteiger partial charge in [-0.25, -0.2) is 0 Å². The van der Waals surface area contributed by atoms with Gasteiger partial charge in [-0.2, -0.15) is 0 Å². The van der Waals surface area contributed by atoms with E-state index in [0.29, 0.717) is 13.1 Å². The number of hydrogen-bond acceptors (Lipinski definition) is 4. The minimum absolute atomic E-state index is 0.0706. The lowest BCUT2D eigenvalue weighted by Gasteiger charge is -2.05. The Morgan fingerprint density at radius 3 is 2.79 bits per heavy atom. The third kappa shape index (κ3) is 3.74. The van der Waals surface area contributed by atoms with Crippen LogP contribution in [0.1, 0.15) is 11.3 Å². The van der Waals surface area contributed by atoms with Crippen molar-refractivity contribution in [2.75, 3.05) is 0 Å². The highest BCUT2D eigenvalue weighted by atomic mass is 35.5. The van der Waals surface area contributed by atoms with E-state index < -0.39 is 4.92 Å². The maximum absolute atomic E-state index is 10.8. The number of benzene rings is 1. The fourth-order valence-corrected chi connectivity index (χ4v) is 1.83. The number of nitro groups is 1. The van der Waals surface area contributed by atoms with E-state index in [4.69, 9.17) is 11.6 Å². The standard InChI is InChI=1S/C13H12ClN3O2/c14-12-5-4-10(7-13(12)17(18)19)8-15-9-11-3-1-2-6-16-11/h1-7,15H,8-9H2. The van der Waals surface area contributed by atoms with E-state index in [2.05, 4.69) is 10.3 Å². The van der Waals surface area contributed by atoms with Gasteiger partial charge in [-0.05, 0) is 23.8 Å². The summed E-state index contributed by atoms with van der Waals surface area (Å²) in [5.74, 6) is 0. The maximum Gasteiger partial charge on any atom is 0.288 e. The molecule has 2 aromatic rings. The molecule has 0 spiro atoms. The first kappa shape index (κ1) is 13.5. The van der Waals surface area contributed by atoms with E-state index in [9.17, 15) is 10.1 Å². The fraction of sp³-hybridized carbons (Fsp3) is 0.154. The van der Waals surface area contributed by atoms with E-state index in [1.165, 1.54) is 12.1 Å². The number of halogens is 1. The summed E-state index contributed by atoms with van der Waals surface area (Å²) in [4.78, 5) is 14.5. The van der Waals surface area contributed by atoms with Gasteiger partial charge in [0, 0.05) is 25.4 Å². The Labute approximate surface area is 115 Å². The molecule has 0 unspecified atom stereocenters. The third-order valence-corrected chi connectivity index (χ3v) is 2.89. The van der Waals surface area contributed by atoms with Crippen LogP contribution in [0.25, 0.3) is 0 Å². The zero-order chi connectivity index (χ0) is 13.7. The van der Waals surface area contributed by atoms with Gasteiger partial charge in [0.25, 0.3) is 5.69 Å². The van der Waals surface area contributed by atoms with Crippen LogP contribution in [0.4, 0.5) is 5.69 Å². The van der Waals surface area contributed by atoms with Crippen LogP contribution in [-0.4, -0.2) is 9.91 Å². The Hall–Kier alpha value is -1.98. The van der Waals surface area contributed by atoms with Gasteiger partial charge in [-0.1, -0.05) is 23.7 Å². The summed E-state index contributed by atoms with van der Waals surface area (Å²) in [6.07, 6.45) is 1.73. The minimum atomic E-state index is -0.482. The van der Waals surface area contributed by atoms with Crippen molar-refractivity contribution in [2.45, 2.75) is 13.1 Å². The fourth-order valence-electron chi connectivity index (χ4n) is 1.65. The number of nitrogens with one attached hydrogen (secondary N) is 1. The quantitative estimate of drug-likeness (QED) is 0.674. The molecule has 0 amide bonds. The second-order valence-electron chi connectivity index (χ2n) is 3.97. The van der Waals surface area contributed by atoms with E-state index in [-0.39, 0.29) is 10.7 Å². The summed E-state index contributed by atoms with van der Waals surface area (Å²) in [7, 11) is 0. The molecule has 0 radical (unpaired) electrons. The Balaban J connectivity index is 1.97. The van der Waals surface area contributed by atoms with Crippen molar-refractivity contribution in [3.63, 3.8) is 0 Å². The summed E-state index contributed by atoms with van der Waals surface area (Å²) in [6.45, 7) is 1.13. The minimum Gasteiger partial charge on any atom is -0.307 e. The van der Waals surface area contributed by atoms with Crippen molar-refractivity contribution in [1.82, 2.24) is 10.3 Å². The number of nitrogens with zero attached hydrogens (tertiary/aromatic N) is 2. The normalized spacial score (nSPS) is 10.4. The van der Waals surface area contributed by atoms with Gasteiger partial charge in [-0.15, -0.1) is 0 Å². The molecule has 2 rings (SSSR count). The molecule has 0 atom stereocenters. The number of rotatable bonds is 5. The average Bonchev–Trinajstić information content (AvgIpc) is 2.41. The van der Waals surface area contributed by atoms with Gasteiger partial charge >= 0.3 is 0 Å². The second kappa shape index (κ2) is 6.26. The Kier molecular flexibility index (Phi) is 4.43. The van der Waals surface area contributed by atoms with Gasteiger partial charge in [0.1, 0.15) is 5.02 Å². The first-order valence-corrected chi connectivity index (χ1v) is 6.08. The summed E-state index contributed by atoms with van der Waals surface area (Å²) in [5.41, 5.74) is 1.66. The zero-order valence-corrected chi connectivity index (χ0v) is 10.8. The number of nitro benzene ring substituents is 1. The summed E-state index contributed by atoms with van der Waals surface area (Å²) in [5, 5.41) is 14.1. The van der Waals surface area contributed by atoms with Gasteiger partial charge < -0.3 is 5.32 Å². The smallest absolute Gasteiger partial charge is 0.288 e. The van der Waals surface area contributed by atoms with Crippen LogP contribution in [0.2, 0.25) is 5.02 Å². The molecule has 0 saturated heterocycles. The van der Waals surface area contributed by atoms with E-state index in [1.54, 1.807) is 12.3 Å². The molecule has 1 heterocycles. The molecule has 0 bridgehead atoms. The molecule has 1 aromatic carbocycles. The van der Waals surface area contributed by atoms with Gasteiger partial charge in [0.2, 0.25) is 0 Å². The monoisotopic (exact) mass is 277 g/mol. The topological polar surface area (TPSA) is 68.1 Å². The number of hydrogen-bond donors (Lipinski definition) is 1. The molecule has 0 fully saturated rings. The van der Waals surface area contributed by atoms with Crippen molar-refractivity contribution >= 4 is 17.3 Å². The van der Waals surface area contributed by atoms with Crippen LogP contribution in [0.15, 0.2) is 42.6 Å². The first-order chi connectivity index (χ1) is 9.16. The van der Waals surface area contributed by atoms with Gasteiger partial charge in [0.05, 0.1) is 10.6 Å². The predicted octanol–water partition coefficient (Wildman–Crippen LogP) is 2.93. The summed E-state index contributed by atoms with van der Waals surface area (Å²) >= 11 is 5.75. The maximum atomic E-state index is 10.8. The lowest BCUT2D eigenvalue weighted by Crippen LogP contribution is -2.13. The number of pyridine rings is 1. The van der Waals surface area contributed by atoms with E-state index in [0.717, 1.165) is 11.3 Å². The van der Waals surface area contributed by atoms with Crippen molar-refractivity contribution in [1.29, 1.82) is 0 Å². The summed E-state index contributed by atoms with van der Waals surface area (Å²) in [6, 6.07) is 10.5. The first-order valence-electron chi connectivity index (χ1n) is 5.70. The Bertz CT molecular complexity index is 575. The molecule has 6 heteroatoms. The molecule has 19 heavy (non-hydrogen) atoms. The van der Waals surface area contributed by atoms with Crippen LogP contribution < -0.4 is 5.32 Å². The van der Waals surface area contributed by atoms with E-state index >= 15 is 0 Å². The molecular weight excluding hydrogens is 266 g/mol. The van der Waals surface area contributed by atoms with Crippen molar-refractivity contribution < 1.29 is 4.92 Å². The SMILES string of the molecule is O=[N+]([O-])c1cc(CNCc2ccccn2)ccc1Cl. The highest BCUT2D eigenvalue weighted by Crippen LogP contribution is 2.24. The van der Waals surface area contributed by atoms with Crippen LogP contribution >= 0.6 is 11.6 Å². The van der Waals surface area contributed by atoms with Crippen molar-refractivity contribution in [3.8, 4) is 0 Å². The lowest BCUT2D eigenvalue weighted by molar-refractivity contribution is -0.384. The van der Waals surface area contributed by atoms with Gasteiger partial charge in [0.15, 0.2) is 0 Å². The van der Waals surface area contributed by atoms with Crippen LogP contribution in [-0.2, 0) is 13.1 Å². The number of aromatic nitrogens is 1. The highest BCUT2D eigenvalue weighted by Gasteiger charge is 2.12. The van der Waals surface area contributed by atoms with Crippen molar-refractivity contribution in [3.05, 3.63) is 69.0 Å². The Morgan fingerprint density at radius 1 is 1.26 bits per heavy atom. The second-order valence-corrected chi connectivity index (χ2v) is 4.37. The molecule has 1 aromatic heterocycles. The van der Waals surface area contributed by atoms with Crippen LogP contribution in [0, 0.1) is 10.1 Å². The molecule has 5 nitrogen and oxygen atoms in total. The molecule has 0 saturated carbocycles. The zero-order valence-electron chi connectivity index (χ0n) is 10.0. The third-order valence-electron chi connectivity index (χ3n) is 2.57. The van der Waals surface area contributed by atoms with Crippen LogP contribution in [0.5, 0.6) is 0 Å². The largest absolute Gasteiger partial charge is 0.307 e. The van der Waals surface area contributed by atoms with Gasteiger partial charge in [-0.3, -0.25) is 15.1 Å². The molecular formula is C13H12ClN3O2. The summed E-state index contributed by atoms with van der Waals surface area (Å²) < 4.78 is 0. The average molecular weight is 278 g/mol.